The fourth-order valence-corrected chi connectivity index (χ4v) is 5.80. The molecule has 1 unspecified atom stereocenters. The van der Waals surface area contributed by atoms with Crippen molar-refractivity contribution in [3.8, 4) is 11.5 Å². The summed E-state index contributed by atoms with van der Waals surface area (Å²) in [7, 11) is -4.15. The van der Waals surface area contributed by atoms with E-state index in [-0.39, 0.29) is 16.6 Å². The number of carbonyl (C=O) groups is 1. The maximum absolute atomic E-state index is 13.6. The number of aryl methyl sites for hydroxylation is 1. The summed E-state index contributed by atoms with van der Waals surface area (Å²) in [6, 6.07) is 16.4. The molecular formula is C28H31FN2O5S. The number of fused-ring (bicyclic) bond motifs is 1. The molecule has 3 aromatic rings. The molecule has 1 heterocycles. The average molecular weight is 527 g/mol. The number of anilines is 1. The lowest BCUT2D eigenvalue weighted by Crippen LogP contribution is -2.45. The van der Waals surface area contributed by atoms with Crippen molar-refractivity contribution in [2.75, 3.05) is 17.5 Å². The van der Waals surface area contributed by atoms with Crippen LogP contribution in [0.1, 0.15) is 44.4 Å². The van der Waals surface area contributed by atoms with Crippen LogP contribution in [0.3, 0.4) is 0 Å². The molecule has 9 heteroatoms. The molecule has 0 aromatic heterocycles. The third-order valence-electron chi connectivity index (χ3n) is 6.09. The first-order valence-electron chi connectivity index (χ1n) is 12.1. The number of amides is 1. The molecule has 1 amide bonds. The Bertz CT molecular complexity index is 1370. The highest BCUT2D eigenvalue weighted by molar-refractivity contribution is 7.92. The van der Waals surface area contributed by atoms with Gasteiger partial charge in [0.25, 0.3) is 10.0 Å². The van der Waals surface area contributed by atoms with E-state index in [0.717, 1.165) is 27.6 Å². The molecule has 0 radical (unpaired) electrons. The zero-order valence-electron chi connectivity index (χ0n) is 21.3. The van der Waals surface area contributed by atoms with Crippen LogP contribution in [0.2, 0.25) is 0 Å². The van der Waals surface area contributed by atoms with E-state index in [4.69, 9.17) is 9.47 Å². The van der Waals surface area contributed by atoms with Gasteiger partial charge in [0.15, 0.2) is 0 Å². The van der Waals surface area contributed by atoms with Gasteiger partial charge in [0.1, 0.15) is 29.5 Å². The molecule has 37 heavy (non-hydrogen) atoms. The van der Waals surface area contributed by atoms with E-state index in [0.29, 0.717) is 24.5 Å². The van der Waals surface area contributed by atoms with Crippen LogP contribution in [0, 0.1) is 12.7 Å². The van der Waals surface area contributed by atoms with Crippen molar-refractivity contribution in [3.63, 3.8) is 0 Å². The summed E-state index contributed by atoms with van der Waals surface area (Å²) in [6.07, 6.45) is 0.511. The summed E-state index contributed by atoms with van der Waals surface area (Å²) in [4.78, 5) is 13.3. The molecule has 0 aliphatic carbocycles. The Labute approximate surface area is 217 Å². The standard InChI is InChI=1S/C28H31FN2O5S/c1-5-35-22-11-13-23(14-12-22)37(33,34)31(21-9-7-20(29)8-10-21)18-27(32)30-25-17-28(3,4)36-26-16-19(2)6-15-24(25)26/h6-16,25H,5,17-18H2,1-4H3,(H,30,32). The van der Waals surface area contributed by atoms with Gasteiger partial charge in [-0.15, -0.1) is 0 Å². The van der Waals surface area contributed by atoms with Gasteiger partial charge in [-0.1, -0.05) is 12.1 Å². The van der Waals surface area contributed by atoms with Crippen LogP contribution in [0.15, 0.2) is 71.6 Å². The lowest BCUT2D eigenvalue weighted by atomic mass is 9.89. The molecular weight excluding hydrogens is 495 g/mol. The molecule has 0 bridgehead atoms. The number of carbonyl (C=O) groups excluding carboxylic acids is 1. The zero-order valence-corrected chi connectivity index (χ0v) is 22.1. The summed E-state index contributed by atoms with van der Waals surface area (Å²) in [5.74, 6) is 0.221. The minimum atomic E-state index is -4.15. The Kier molecular flexibility index (Phi) is 7.45. The van der Waals surface area contributed by atoms with Crippen molar-refractivity contribution in [3.05, 3.63) is 83.7 Å². The van der Waals surface area contributed by atoms with Gasteiger partial charge in [0, 0.05) is 12.0 Å². The van der Waals surface area contributed by atoms with Crippen molar-refractivity contribution in [2.45, 2.75) is 50.7 Å². The average Bonchev–Trinajstić information content (AvgIpc) is 2.83. The molecule has 1 aliphatic rings. The highest BCUT2D eigenvalue weighted by atomic mass is 32.2. The van der Waals surface area contributed by atoms with Crippen molar-refractivity contribution >= 4 is 21.6 Å². The van der Waals surface area contributed by atoms with Crippen molar-refractivity contribution < 1.29 is 27.1 Å². The second-order valence-electron chi connectivity index (χ2n) is 9.62. The van der Waals surface area contributed by atoms with E-state index in [2.05, 4.69) is 5.32 Å². The molecule has 7 nitrogen and oxygen atoms in total. The topological polar surface area (TPSA) is 84.9 Å². The van der Waals surface area contributed by atoms with Gasteiger partial charge in [-0.05, 0) is 87.9 Å². The van der Waals surface area contributed by atoms with Crippen LogP contribution >= 0.6 is 0 Å². The lowest BCUT2D eigenvalue weighted by Gasteiger charge is -2.38. The fourth-order valence-electron chi connectivity index (χ4n) is 4.38. The first-order chi connectivity index (χ1) is 17.5. The Morgan fingerprint density at radius 3 is 2.43 bits per heavy atom. The van der Waals surface area contributed by atoms with Crippen LogP contribution in [-0.2, 0) is 14.8 Å². The first kappa shape index (κ1) is 26.5. The Hall–Kier alpha value is -3.59. The number of benzene rings is 3. The van der Waals surface area contributed by atoms with Crippen molar-refractivity contribution in [1.82, 2.24) is 5.32 Å². The van der Waals surface area contributed by atoms with E-state index < -0.39 is 33.9 Å². The number of ether oxygens (including phenoxy) is 2. The van der Waals surface area contributed by atoms with Crippen LogP contribution in [0.25, 0.3) is 0 Å². The number of sulfonamides is 1. The largest absolute Gasteiger partial charge is 0.494 e. The summed E-state index contributed by atoms with van der Waals surface area (Å²) in [5, 5.41) is 2.99. The predicted octanol–water partition coefficient (Wildman–Crippen LogP) is 5.15. The normalized spacial score (nSPS) is 16.3. The molecule has 0 saturated heterocycles. The number of rotatable bonds is 8. The van der Waals surface area contributed by atoms with Gasteiger partial charge < -0.3 is 14.8 Å². The van der Waals surface area contributed by atoms with E-state index in [1.54, 1.807) is 12.1 Å². The number of nitrogens with zero attached hydrogens (tertiary/aromatic N) is 1. The molecule has 1 aliphatic heterocycles. The highest BCUT2D eigenvalue weighted by Crippen LogP contribution is 2.40. The van der Waals surface area contributed by atoms with Crippen LogP contribution in [0.4, 0.5) is 10.1 Å². The van der Waals surface area contributed by atoms with Crippen molar-refractivity contribution in [2.24, 2.45) is 0 Å². The van der Waals surface area contributed by atoms with Crippen molar-refractivity contribution in [1.29, 1.82) is 0 Å². The van der Waals surface area contributed by atoms with E-state index in [1.807, 2.05) is 45.9 Å². The molecule has 0 saturated carbocycles. The second kappa shape index (κ2) is 10.4. The molecule has 3 aromatic carbocycles. The highest BCUT2D eigenvalue weighted by Gasteiger charge is 2.35. The maximum atomic E-state index is 13.6. The summed E-state index contributed by atoms with van der Waals surface area (Å²) in [6.45, 7) is 7.64. The maximum Gasteiger partial charge on any atom is 0.264 e. The molecule has 0 fully saturated rings. The number of hydrogen-bond acceptors (Lipinski definition) is 5. The van der Waals surface area contributed by atoms with E-state index >= 15 is 0 Å². The van der Waals surface area contributed by atoms with Crippen LogP contribution in [0.5, 0.6) is 11.5 Å². The monoisotopic (exact) mass is 526 g/mol. The third kappa shape index (κ3) is 6.05. The predicted molar refractivity (Wildman–Crippen MR) is 140 cm³/mol. The molecule has 196 valence electrons. The van der Waals surface area contributed by atoms with Gasteiger partial charge >= 0.3 is 0 Å². The van der Waals surface area contributed by atoms with Gasteiger partial charge in [-0.3, -0.25) is 9.10 Å². The summed E-state index contributed by atoms with van der Waals surface area (Å²) in [5.41, 5.74) is 1.52. The summed E-state index contributed by atoms with van der Waals surface area (Å²) >= 11 is 0. The van der Waals surface area contributed by atoms with Gasteiger partial charge in [-0.2, -0.15) is 0 Å². The molecule has 1 atom stereocenters. The number of hydrogen-bond donors (Lipinski definition) is 1. The molecule has 4 rings (SSSR count). The minimum absolute atomic E-state index is 0.0129. The third-order valence-corrected chi connectivity index (χ3v) is 7.87. The van der Waals surface area contributed by atoms with E-state index in [1.165, 1.54) is 24.3 Å². The van der Waals surface area contributed by atoms with Crippen LogP contribution in [-0.4, -0.2) is 33.1 Å². The second-order valence-corrected chi connectivity index (χ2v) is 11.5. The number of nitrogens with one attached hydrogen (secondary N) is 1. The van der Waals surface area contributed by atoms with E-state index in [9.17, 15) is 17.6 Å². The van der Waals surface area contributed by atoms with Gasteiger partial charge in [-0.25, -0.2) is 12.8 Å². The zero-order chi connectivity index (χ0) is 26.8. The SMILES string of the molecule is CCOc1ccc(S(=O)(=O)N(CC(=O)NC2CC(C)(C)Oc3cc(C)ccc32)c2ccc(F)cc2)cc1. The smallest absolute Gasteiger partial charge is 0.264 e. The Morgan fingerprint density at radius 1 is 1.11 bits per heavy atom. The Morgan fingerprint density at radius 2 is 1.78 bits per heavy atom. The minimum Gasteiger partial charge on any atom is -0.494 e. The Balaban J connectivity index is 1.63. The quantitative estimate of drug-likeness (QED) is 0.439. The fraction of sp³-hybridized carbons (Fsp3) is 0.321. The van der Waals surface area contributed by atoms with Gasteiger partial charge in [0.2, 0.25) is 5.91 Å². The van der Waals surface area contributed by atoms with Gasteiger partial charge in [0.05, 0.1) is 23.2 Å². The number of halogens is 1. The summed E-state index contributed by atoms with van der Waals surface area (Å²) < 4.78 is 53.4. The lowest BCUT2D eigenvalue weighted by molar-refractivity contribution is -0.120. The first-order valence-corrected chi connectivity index (χ1v) is 13.5. The molecule has 0 spiro atoms. The van der Waals surface area contributed by atoms with Crippen LogP contribution < -0.4 is 19.1 Å². The molecule has 1 N–H and O–H groups in total.